The van der Waals surface area contributed by atoms with Crippen LogP contribution in [0.5, 0.6) is 0 Å². The maximum absolute atomic E-state index is 13.6. The Bertz CT molecular complexity index is 1400. The molecule has 3 fully saturated rings. The largest absolute Gasteiger partial charge is 0.376 e. The Morgan fingerprint density at radius 2 is 2.00 bits per heavy atom. The molecule has 0 aromatic carbocycles. The Morgan fingerprint density at radius 3 is 2.64 bits per heavy atom. The summed E-state index contributed by atoms with van der Waals surface area (Å²) in [5.74, 6) is -3.13. The lowest BCUT2D eigenvalue weighted by atomic mass is 9.96. The molecule has 4 heterocycles. The van der Waals surface area contributed by atoms with Gasteiger partial charge >= 0.3 is 0 Å². The van der Waals surface area contributed by atoms with Gasteiger partial charge in [-0.1, -0.05) is 0 Å². The number of amides is 2. The van der Waals surface area contributed by atoms with Gasteiger partial charge in [0.1, 0.15) is 0 Å². The van der Waals surface area contributed by atoms with Crippen molar-refractivity contribution in [1.82, 2.24) is 30.1 Å². The molecule has 0 bridgehead atoms. The highest BCUT2D eigenvalue weighted by Crippen LogP contribution is 2.78. The van der Waals surface area contributed by atoms with Crippen LogP contribution in [0.2, 0.25) is 0 Å². The number of rotatable bonds is 7. The highest BCUT2D eigenvalue weighted by molar-refractivity contribution is 5.98. The van der Waals surface area contributed by atoms with Gasteiger partial charge in [-0.05, 0) is 42.9 Å². The highest BCUT2D eigenvalue weighted by atomic mass is 19.3. The van der Waals surface area contributed by atoms with E-state index in [0.29, 0.717) is 35.0 Å². The van der Waals surface area contributed by atoms with Gasteiger partial charge in [0.05, 0.1) is 41.8 Å². The first kappa shape index (κ1) is 22.6. The fourth-order valence-corrected chi connectivity index (χ4v) is 5.39. The molecule has 11 nitrogen and oxygen atoms in total. The molecule has 6 rings (SSSR count). The molecule has 2 amide bonds. The fourth-order valence-electron chi connectivity index (χ4n) is 5.39. The number of primary amides is 1. The number of alkyl halides is 2. The molecule has 0 unspecified atom stereocenters. The van der Waals surface area contributed by atoms with E-state index in [-0.39, 0.29) is 37.2 Å². The van der Waals surface area contributed by atoms with Gasteiger partial charge < -0.3 is 21.3 Å². The van der Waals surface area contributed by atoms with Gasteiger partial charge in [-0.2, -0.15) is 5.10 Å². The lowest BCUT2D eigenvalue weighted by Gasteiger charge is -2.17. The Labute approximate surface area is 204 Å². The van der Waals surface area contributed by atoms with Crippen LogP contribution in [0.3, 0.4) is 0 Å². The number of fused-ring (bicyclic) bond motifs is 1. The number of nitrogens with two attached hydrogens (primary N) is 1. The molecule has 1 spiro atoms. The molecular weight excluding hydrogens is 472 g/mol. The maximum Gasteiger partial charge on any atom is 0.273 e. The number of hydrogen-bond acceptors (Lipinski definition) is 8. The molecule has 1 saturated heterocycles. The van der Waals surface area contributed by atoms with Crippen molar-refractivity contribution in [2.75, 3.05) is 30.4 Å². The van der Waals surface area contributed by atoms with Crippen molar-refractivity contribution in [3.8, 4) is 0 Å². The van der Waals surface area contributed by atoms with E-state index in [2.05, 4.69) is 30.9 Å². The number of aromatic nitrogens is 5. The van der Waals surface area contributed by atoms with E-state index in [4.69, 9.17) is 5.73 Å². The fraction of sp³-hybridized carbons (Fsp3) is 0.478. The number of carbonyl (C=O) groups excluding carboxylic acids is 2. The van der Waals surface area contributed by atoms with Crippen LogP contribution in [0.15, 0.2) is 24.4 Å². The van der Waals surface area contributed by atoms with E-state index in [1.54, 1.807) is 33.8 Å². The summed E-state index contributed by atoms with van der Waals surface area (Å²) in [5, 5.41) is 18.5. The van der Waals surface area contributed by atoms with Gasteiger partial charge in [-0.3, -0.25) is 9.59 Å². The second-order valence-electron chi connectivity index (χ2n) is 9.90. The second kappa shape index (κ2) is 7.55. The van der Waals surface area contributed by atoms with Gasteiger partial charge in [0, 0.05) is 20.0 Å². The monoisotopic (exact) mass is 497 g/mol. The molecule has 2 saturated carbocycles. The van der Waals surface area contributed by atoms with Crippen LogP contribution in [0, 0.1) is 5.41 Å². The third-order valence-electron chi connectivity index (χ3n) is 7.66. The predicted octanol–water partition coefficient (Wildman–Crippen LogP) is 1.24. The van der Waals surface area contributed by atoms with E-state index < -0.39 is 23.2 Å². The van der Waals surface area contributed by atoms with E-state index in [1.807, 2.05) is 0 Å². The normalized spacial score (nSPS) is 23.1. The van der Waals surface area contributed by atoms with Crippen molar-refractivity contribution in [3.05, 3.63) is 41.6 Å². The molecule has 1 atom stereocenters. The van der Waals surface area contributed by atoms with Crippen molar-refractivity contribution >= 4 is 28.8 Å². The predicted molar refractivity (Wildman–Crippen MR) is 125 cm³/mol. The van der Waals surface area contributed by atoms with Crippen molar-refractivity contribution < 1.29 is 18.4 Å². The lowest BCUT2D eigenvalue weighted by Crippen LogP contribution is -2.33. The average molecular weight is 498 g/mol. The first-order valence-electron chi connectivity index (χ1n) is 11.8. The van der Waals surface area contributed by atoms with E-state index in [0.717, 1.165) is 12.8 Å². The number of nitrogens with one attached hydrogen (secondary N) is 2. The molecule has 36 heavy (non-hydrogen) atoms. The van der Waals surface area contributed by atoms with Gasteiger partial charge in [0.15, 0.2) is 17.2 Å². The summed E-state index contributed by atoms with van der Waals surface area (Å²) in [5.41, 5.74) is 6.91. The number of nitrogens with zero attached hydrogens (tertiary/aromatic N) is 6. The van der Waals surface area contributed by atoms with Gasteiger partial charge in [0.25, 0.3) is 11.8 Å². The van der Waals surface area contributed by atoms with Crippen molar-refractivity contribution in [1.29, 1.82) is 0 Å². The Balaban J connectivity index is 1.26. The molecule has 3 aromatic heterocycles. The minimum absolute atomic E-state index is 0.0763. The van der Waals surface area contributed by atoms with E-state index in [9.17, 15) is 18.4 Å². The topological polar surface area (TPSA) is 143 Å². The van der Waals surface area contributed by atoms with Crippen LogP contribution in [0.4, 0.5) is 20.2 Å². The molecule has 13 heteroatoms. The third kappa shape index (κ3) is 3.44. The second-order valence-corrected chi connectivity index (χ2v) is 9.90. The van der Waals surface area contributed by atoms with Crippen molar-refractivity contribution in [2.24, 2.45) is 11.1 Å². The summed E-state index contributed by atoms with van der Waals surface area (Å²) < 4.78 is 28.8. The first-order valence-corrected chi connectivity index (χ1v) is 11.8. The zero-order valence-corrected chi connectivity index (χ0v) is 19.6. The number of anilines is 2. The minimum Gasteiger partial charge on any atom is -0.376 e. The summed E-state index contributed by atoms with van der Waals surface area (Å²) in [6.45, 7) is 0.104. The summed E-state index contributed by atoms with van der Waals surface area (Å²) in [6.07, 6.45) is 3.97. The van der Waals surface area contributed by atoms with Crippen LogP contribution in [0.1, 0.15) is 47.7 Å². The van der Waals surface area contributed by atoms with Crippen molar-refractivity contribution in [3.63, 3.8) is 0 Å². The standard InChI is InChI=1S/C23H25F2N9O2/c1-27-19(35)18-14(8-15(30-31-18)23(20(26)36)11-21(23)4-5-21)28-9-16-29-17-3-2-13(10-34(17)32-16)33-7-6-22(24,25)12-33/h2-3,8,10H,4-7,9,11-12H2,1H3,(H2,26,36)(H,27,35)(H,28,30)/t23-/m1/s1. The van der Waals surface area contributed by atoms with Crippen LogP contribution in [-0.2, 0) is 16.8 Å². The number of carbonyl (C=O) groups is 2. The quantitative estimate of drug-likeness (QED) is 0.443. The molecular formula is C23H25F2N9O2. The summed E-state index contributed by atoms with van der Waals surface area (Å²) >= 11 is 0. The molecule has 2 aliphatic carbocycles. The summed E-state index contributed by atoms with van der Waals surface area (Å²) in [6, 6.07) is 5.14. The summed E-state index contributed by atoms with van der Waals surface area (Å²) in [7, 11) is 1.49. The first-order chi connectivity index (χ1) is 17.2. The van der Waals surface area contributed by atoms with Crippen molar-refractivity contribution in [2.45, 2.75) is 43.6 Å². The third-order valence-corrected chi connectivity index (χ3v) is 7.66. The lowest BCUT2D eigenvalue weighted by molar-refractivity contribution is -0.121. The summed E-state index contributed by atoms with van der Waals surface area (Å²) in [4.78, 5) is 30.9. The van der Waals surface area contributed by atoms with Crippen LogP contribution < -0.4 is 21.3 Å². The van der Waals surface area contributed by atoms with E-state index in [1.165, 1.54) is 7.05 Å². The Kier molecular flexibility index (Phi) is 4.73. The zero-order valence-electron chi connectivity index (χ0n) is 19.6. The smallest absolute Gasteiger partial charge is 0.273 e. The van der Waals surface area contributed by atoms with Gasteiger partial charge in [0.2, 0.25) is 5.91 Å². The number of hydrogen-bond donors (Lipinski definition) is 3. The average Bonchev–Trinajstić information content (AvgIpc) is 3.68. The number of pyridine rings is 1. The van der Waals surface area contributed by atoms with Crippen LogP contribution in [-0.4, -0.2) is 62.7 Å². The Hall–Kier alpha value is -3.90. The van der Waals surface area contributed by atoms with Crippen LogP contribution >= 0.6 is 0 Å². The van der Waals surface area contributed by atoms with Crippen LogP contribution in [0.25, 0.3) is 5.65 Å². The van der Waals surface area contributed by atoms with Gasteiger partial charge in [-0.25, -0.2) is 18.3 Å². The SMILES string of the molecule is CNC(=O)c1nnc([C@@]2(C(N)=O)CC23CC3)cc1NCc1nc2ccc(N3CCC(F)(F)C3)cn2n1. The number of halogens is 2. The molecule has 1 aliphatic heterocycles. The maximum atomic E-state index is 13.6. The molecule has 3 aromatic rings. The Morgan fingerprint density at radius 1 is 1.19 bits per heavy atom. The van der Waals surface area contributed by atoms with Gasteiger partial charge in [-0.15, -0.1) is 10.2 Å². The minimum atomic E-state index is -2.70. The highest BCUT2D eigenvalue weighted by Gasteiger charge is 2.78. The molecule has 4 N–H and O–H groups in total. The molecule has 3 aliphatic rings. The van der Waals surface area contributed by atoms with E-state index >= 15 is 0 Å². The molecule has 0 radical (unpaired) electrons. The zero-order chi connectivity index (χ0) is 25.3. The molecule has 188 valence electrons.